The van der Waals surface area contributed by atoms with Gasteiger partial charge in [-0.05, 0) is 50.2 Å². The second kappa shape index (κ2) is 7.99. The zero-order valence-electron chi connectivity index (χ0n) is 15.4. The topological polar surface area (TPSA) is 79.8 Å². The van der Waals surface area contributed by atoms with E-state index in [-0.39, 0.29) is 22.7 Å². The van der Waals surface area contributed by atoms with Crippen molar-refractivity contribution < 1.29 is 23.5 Å². The Morgan fingerprint density at radius 3 is 2.21 bits per heavy atom. The maximum absolute atomic E-state index is 13.2. The second-order valence-electron chi connectivity index (χ2n) is 5.90. The highest BCUT2D eigenvalue weighted by atomic mass is 19.1. The zero-order valence-corrected chi connectivity index (χ0v) is 15.4. The molecule has 0 spiro atoms. The summed E-state index contributed by atoms with van der Waals surface area (Å²) >= 11 is 0. The Kier molecular flexibility index (Phi) is 5.49. The van der Waals surface area contributed by atoms with E-state index in [1.165, 1.54) is 36.7 Å². The third kappa shape index (κ3) is 3.48. The van der Waals surface area contributed by atoms with E-state index < -0.39 is 23.6 Å². The normalized spacial score (nSPS) is 13.9. The molecule has 2 heterocycles. The molecule has 2 amide bonds. The fourth-order valence-electron chi connectivity index (χ4n) is 2.87. The maximum atomic E-state index is 13.2. The first-order valence-corrected chi connectivity index (χ1v) is 8.73. The van der Waals surface area contributed by atoms with Crippen molar-refractivity contribution in [3.63, 3.8) is 0 Å². The summed E-state index contributed by atoms with van der Waals surface area (Å²) in [6.07, 6.45) is 2.84. The molecule has 0 unspecified atom stereocenters. The maximum Gasteiger partial charge on any atom is 0.343 e. The number of benzene rings is 1. The Morgan fingerprint density at radius 1 is 1.04 bits per heavy atom. The molecular weight excluding hydrogens is 365 g/mol. The molecule has 8 heteroatoms. The van der Waals surface area contributed by atoms with Gasteiger partial charge in [0.05, 0.1) is 11.3 Å². The number of hydrogen-bond donors (Lipinski definition) is 0. The first-order valence-electron chi connectivity index (χ1n) is 8.73. The summed E-state index contributed by atoms with van der Waals surface area (Å²) in [7, 11) is 0. The molecule has 0 atom stereocenters. The molecule has 1 aromatic carbocycles. The van der Waals surface area contributed by atoms with E-state index in [0.29, 0.717) is 13.1 Å². The lowest BCUT2D eigenvalue weighted by atomic mass is 10.3. The van der Waals surface area contributed by atoms with Gasteiger partial charge in [-0.2, -0.15) is 0 Å². The molecule has 144 valence electrons. The van der Waals surface area contributed by atoms with Crippen LogP contribution in [0.4, 0.5) is 10.1 Å². The van der Waals surface area contributed by atoms with Crippen molar-refractivity contribution in [3.8, 4) is 0 Å². The van der Waals surface area contributed by atoms with E-state index in [1.807, 2.05) is 13.8 Å². The van der Waals surface area contributed by atoms with Crippen LogP contribution >= 0.6 is 0 Å². The number of carbonyl (C=O) groups excluding carboxylic acids is 3. The van der Waals surface area contributed by atoms with Crippen LogP contribution < -0.4 is 4.90 Å². The van der Waals surface area contributed by atoms with Crippen LogP contribution in [0.3, 0.4) is 0 Å². The van der Waals surface area contributed by atoms with E-state index >= 15 is 0 Å². The number of amides is 2. The van der Waals surface area contributed by atoms with Gasteiger partial charge >= 0.3 is 11.9 Å². The SMILES string of the molecule is CCN(CC)C1=C(OC(=O)c2ccncc2)C(=O)N(c2ccc(F)cc2)C1=O. The number of esters is 1. The molecule has 1 aromatic heterocycles. The van der Waals surface area contributed by atoms with Crippen LogP contribution in [0.5, 0.6) is 0 Å². The number of nitrogens with zero attached hydrogens (tertiary/aromatic N) is 3. The number of anilines is 1. The fraction of sp³-hybridized carbons (Fsp3) is 0.200. The summed E-state index contributed by atoms with van der Waals surface area (Å²) in [6.45, 7) is 4.49. The highest BCUT2D eigenvalue weighted by Crippen LogP contribution is 2.30. The predicted octanol–water partition coefficient (Wildman–Crippen LogP) is 2.50. The largest absolute Gasteiger partial charge is 0.414 e. The summed E-state index contributed by atoms with van der Waals surface area (Å²) in [5.74, 6) is -3.02. The molecule has 3 rings (SSSR count). The lowest BCUT2D eigenvalue weighted by Crippen LogP contribution is -2.35. The fourth-order valence-corrected chi connectivity index (χ4v) is 2.87. The van der Waals surface area contributed by atoms with Gasteiger partial charge in [0.15, 0.2) is 5.70 Å². The van der Waals surface area contributed by atoms with Gasteiger partial charge in [0, 0.05) is 25.5 Å². The Balaban J connectivity index is 2.01. The molecule has 7 nitrogen and oxygen atoms in total. The number of ether oxygens (including phenoxy) is 1. The van der Waals surface area contributed by atoms with Crippen LogP contribution in [0.2, 0.25) is 0 Å². The van der Waals surface area contributed by atoms with Crippen molar-refractivity contribution >= 4 is 23.5 Å². The third-order valence-corrected chi connectivity index (χ3v) is 4.29. The second-order valence-corrected chi connectivity index (χ2v) is 5.90. The number of aromatic nitrogens is 1. The van der Waals surface area contributed by atoms with Crippen molar-refractivity contribution in [1.29, 1.82) is 0 Å². The van der Waals surface area contributed by atoms with Crippen LogP contribution in [0.25, 0.3) is 0 Å². The minimum Gasteiger partial charge on any atom is -0.414 e. The Morgan fingerprint density at radius 2 is 1.64 bits per heavy atom. The number of hydrogen-bond acceptors (Lipinski definition) is 6. The molecule has 0 N–H and O–H groups in total. The van der Waals surface area contributed by atoms with E-state index in [4.69, 9.17) is 4.74 Å². The summed E-state index contributed by atoms with van der Waals surface area (Å²) < 4.78 is 18.6. The molecule has 0 radical (unpaired) electrons. The Labute approximate surface area is 161 Å². The van der Waals surface area contributed by atoms with Gasteiger partial charge in [-0.1, -0.05) is 0 Å². The number of pyridine rings is 1. The minimum absolute atomic E-state index is 0.00160. The van der Waals surface area contributed by atoms with Crippen molar-refractivity contribution in [3.05, 3.63) is 71.6 Å². The minimum atomic E-state index is -0.777. The summed E-state index contributed by atoms with van der Waals surface area (Å²) in [4.78, 5) is 44.7. The van der Waals surface area contributed by atoms with E-state index in [2.05, 4.69) is 4.98 Å². The average Bonchev–Trinajstić information content (AvgIpc) is 2.95. The molecule has 1 aliphatic rings. The zero-order chi connectivity index (χ0) is 20.3. The molecule has 0 bridgehead atoms. The molecule has 28 heavy (non-hydrogen) atoms. The van der Waals surface area contributed by atoms with Gasteiger partial charge in [-0.3, -0.25) is 14.6 Å². The number of imide groups is 1. The van der Waals surface area contributed by atoms with Crippen LogP contribution in [-0.2, 0) is 14.3 Å². The van der Waals surface area contributed by atoms with Gasteiger partial charge in [0.2, 0.25) is 5.76 Å². The standard InChI is InChI=1S/C20H18FN3O4/c1-3-23(4-2)16-17(28-20(27)13-9-11-22-12-10-13)19(26)24(18(16)25)15-7-5-14(21)6-8-15/h5-12H,3-4H2,1-2H3. The quantitative estimate of drug-likeness (QED) is 0.563. The summed E-state index contributed by atoms with van der Waals surface area (Å²) in [5, 5.41) is 0. The van der Waals surface area contributed by atoms with Gasteiger partial charge < -0.3 is 9.64 Å². The molecule has 0 saturated heterocycles. The Bertz CT molecular complexity index is 938. The monoisotopic (exact) mass is 383 g/mol. The molecule has 0 fully saturated rings. The van der Waals surface area contributed by atoms with Crippen molar-refractivity contribution in [2.45, 2.75) is 13.8 Å². The Hall–Kier alpha value is -3.55. The number of halogens is 1. The first kappa shape index (κ1) is 19.2. The van der Waals surface area contributed by atoms with Crippen molar-refractivity contribution in [2.75, 3.05) is 18.0 Å². The van der Waals surface area contributed by atoms with Crippen LogP contribution in [-0.4, -0.2) is 40.8 Å². The van der Waals surface area contributed by atoms with E-state index in [9.17, 15) is 18.8 Å². The van der Waals surface area contributed by atoms with Gasteiger partial charge in [-0.25, -0.2) is 14.1 Å². The van der Waals surface area contributed by atoms with E-state index in [1.54, 1.807) is 4.90 Å². The highest BCUT2D eigenvalue weighted by Gasteiger charge is 2.44. The van der Waals surface area contributed by atoms with Gasteiger partial charge in [0.1, 0.15) is 5.82 Å². The number of rotatable bonds is 6. The highest BCUT2D eigenvalue weighted by molar-refractivity contribution is 6.32. The smallest absolute Gasteiger partial charge is 0.343 e. The van der Waals surface area contributed by atoms with Crippen molar-refractivity contribution in [1.82, 2.24) is 9.88 Å². The van der Waals surface area contributed by atoms with E-state index in [0.717, 1.165) is 17.0 Å². The molecule has 2 aromatic rings. The number of carbonyl (C=O) groups is 3. The lowest BCUT2D eigenvalue weighted by molar-refractivity contribution is -0.122. The molecule has 0 saturated carbocycles. The van der Waals surface area contributed by atoms with Gasteiger partial charge in [-0.15, -0.1) is 0 Å². The van der Waals surface area contributed by atoms with Crippen LogP contribution in [0.15, 0.2) is 60.2 Å². The summed E-state index contributed by atoms with van der Waals surface area (Å²) in [6, 6.07) is 7.82. The van der Waals surface area contributed by atoms with Crippen molar-refractivity contribution in [2.24, 2.45) is 0 Å². The molecule has 0 aliphatic carbocycles. The van der Waals surface area contributed by atoms with Crippen LogP contribution in [0.1, 0.15) is 24.2 Å². The molecular formula is C20H18FN3O4. The average molecular weight is 383 g/mol. The lowest BCUT2D eigenvalue weighted by Gasteiger charge is -2.22. The molecule has 1 aliphatic heterocycles. The predicted molar refractivity (Wildman–Crippen MR) is 98.5 cm³/mol. The number of likely N-dealkylation sites (N-methyl/N-ethyl adjacent to an activating group) is 1. The van der Waals surface area contributed by atoms with Gasteiger partial charge in [0.25, 0.3) is 5.91 Å². The first-order chi connectivity index (χ1) is 13.5. The summed E-state index contributed by atoms with van der Waals surface area (Å²) in [5.41, 5.74) is 0.389. The third-order valence-electron chi connectivity index (χ3n) is 4.29. The van der Waals surface area contributed by atoms with Crippen LogP contribution in [0, 0.1) is 5.82 Å².